The number of Topliss-reactive ketones (excluding diaryl/α,β-unsaturated/α-hetero) is 1. The Morgan fingerprint density at radius 2 is 2.17 bits per heavy atom. The van der Waals surface area contributed by atoms with Crippen LogP contribution in [0.2, 0.25) is 0 Å². The lowest BCUT2D eigenvalue weighted by Gasteiger charge is -2.08. The van der Waals surface area contributed by atoms with E-state index in [1.165, 1.54) is 18.4 Å². The van der Waals surface area contributed by atoms with Crippen molar-refractivity contribution in [1.29, 1.82) is 5.26 Å². The Morgan fingerprint density at radius 3 is 2.78 bits per heavy atom. The van der Waals surface area contributed by atoms with Gasteiger partial charge in [0.2, 0.25) is 0 Å². The lowest BCUT2D eigenvalue weighted by Crippen LogP contribution is -2.10. The minimum atomic E-state index is -0.819. The fourth-order valence-electron chi connectivity index (χ4n) is 1.61. The molecule has 0 bridgehead atoms. The molecule has 0 radical (unpaired) electrons. The van der Waals surface area contributed by atoms with E-state index in [0.717, 1.165) is 0 Å². The van der Waals surface area contributed by atoms with Gasteiger partial charge in [0.1, 0.15) is 16.5 Å². The van der Waals surface area contributed by atoms with Crippen LogP contribution < -0.4 is 4.74 Å². The predicted molar refractivity (Wildman–Crippen MR) is 67.8 cm³/mol. The Kier molecular flexibility index (Phi) is 3.70. The van der Waals surface area contributed by atoms with Crippen LogP contribution in [0, 0.1) is 11.3 Å². The summed E-state index contributed by atoms with van der Waals surface area (Å²) < 4.78 is 5.10. The van der Waals surface area contributed by atoms with Crippen molar-refractivity contribution in [2.75, 3.05) is 7.11 Å². The number of ketones is 1. The van der Waals surface area contributed by atoms with Crippen molar-refractivity contribution in [2.45, 2.75) is 5.92 Å². The molecule has 2 rings (SSSR count). The van der Waals surface area contributed by atoms with E-state index in [2.05, 4.69) is 4.98 Å². The van der Waals surface area contributed by atoms with E-state index in [4.69, 9.17) is 4.74 Å². The molecule has 0 fully saturated rings. The summed E-state index contributed by atoms with van der Waals surface area (Å²) in [6, 6.07) is 7.10. The van der Waals surface area contributed by atoms with E-state index in [9.17, 15) is 10.1 Å². The molecule has 18 heavy (non-hydrogen) atoms. The number of aromatic nitrogens is 1. The fraction of sp³-hybridized carbons (Fsp3) is 0.154. The molecule has 1 atom stereocenters. The molecule has 0 N–H and O–H groups in total. The summed E-state index contributed by atoms with van der Waals surface area (Å²) in [6.45, 7) is 0. The molecule has 2 aromatic rings. The molecular weight excluding hydrogens is 248 g/mol. The molecule has 0 aliphatic rings. The molecule has 0 amide bonds. The average molecular weight is 258 g/mol. The van der Waals surface area contributed by atoms with Crippen molar-refractivity contribution in [3.05, 3.63) is 46.4 Å². The van der Waals surface area contributed by atoms with Crippen molar-refractivity contribution in [3.63, 3.8) is 0 Å². The lowest BCUT2D eigenvalue weighted by molar-refractivity contribution is 0.0980. The van der Waals surface area contributed by atoms with Crippen LogP contribution in [-0.2, 0) is 0 Å². The second-order valence-electron chi connectivity index (χ2n) is 3.53. The van der Waals surface area contributed by atoms with E-state index in [1.54, 1.807) is 36.0 Å². The maximum atomic E-state index is 12.3. The van der Waals surface area contributed by atoms with Crippen LogP contribution in [0.25, 0.3) is 0 Å². The number of thiophene rings is 1. The fourth-order valence-corrected chi connectivity index (χ4v) is 2.44. The molecule has 2 aromatic heterocycles. The summed E-state index contributed by atoms with van der Waals surface area (Å²) in [5, 5.41) is 11.0. The first kappa shape index (κ1) is 12.3. The van der Waals surface area contributed by atoms with Gasteiger partial charge in [-0.25, -0.2) is 0 Å². The van der Waals surface area contributed by atoms with Crippen molar-refractivity contribution < 1.29 is 9.53 Å². The zero-order chi connectivity index (χ0) is 13.0. The van der Waals surface area contributed by atoms with E-state index >= 15 is 0 Å². The van der Waals surface area contributed by atoms with Gasteiger partial charge in [-0.15, -0.1) is 11.3 Å². The van der Waals surface area contributed by atoms with Crippen LogP contribution in [0.3, 0.4) is 0 Å². The van der Waals surface area contributed by atoms with Crippen LogP contribution in [0.4, 0.5) is 0 Å². The quantitative estimate of drug-likeness (QED) is 0.791. The molecule has 4 nitrogen and oxygen atoms in total. The van der Waals surface area contributed by atoms with Gasteiger partial charge in [0.05, 0.1) is 13.2 Å². The van der Waals surface area contributed by atoms with E-state index < -0.39 is 5.92 Å². The highest BCUT2D eigenvalue weighted by Gasteiger charge is 2.25. The number of methoxy groups -OCH3 is 1. The Morgan fingerprint density at radius 1 is 1.44 bits per heavy atom. The molecule has 0 saturated carbocycles. The van der Waals surface area contributed by atoms with Crippen molar-refractivity contribution in [3.8, 4) is 11.8 Å². The molecule has 0 aliphatic carbocycles. The SMILES string of the molecule is COc1ccsc1C(=O)C(C#N)c1ccncc1. The number of pyridine rings is 1. The van der Waals surface area contributed by atoms with Gasteiger partial charge >= 0.3 is 0 Å². The number of nitriles is 1. The molecule has 0 saturated heterocycles. The van der Waals surface area contributed by atoms with Gasteiger partial charge in [0.25, 0.3) is 0 Å². The summed E-state index contributed by atoms with van der Waals surface area (Å²) in [5.41, 5.74) is 0.646. The van der Waals surface area contributed by atoms with Gasteiger partial charge < -0.3 is 4.74 Å². The van der Waals surface area contributed by atoms with Crippen LogP contribution in [0.5, 0.6) is 5.75 Å². The van der Waals surface area contributed by atoms with Gasteiger partial charge in [0, 0.05) is 12.4 Å². The number of hydrogen-bond acceptors (Lipinski definition) is 5. The molecule has 1 unspecified atom stereocenters. The summed E-state index contributed by atoms with van der Waals surface area (Å²) in [4.78, 5) is 16.7. The van der Waals surface area contributed by atoms with Crippen molar-refractivity contribution >= 4 is 17.1 Å². The van der Waals surface area contributed by atoms with Gasteiger partial charge in [-0.1, -0.05) is 0 Å². The number of nitrogens with zero attached hydrogens (tertiary/aromatic N) is 2. The molecule has 5 heteroatoms. The Bertz CT molecular complexity index is 587. The predicted octanol–water partition coefficient (Wildman–Crippen LogP) is 2.64. The third-order valence-corrected chi connectivity index (χ3v) is 3.41. The zero-order valence-electron chi connectivity index (χ0n) is 9.66. The van der Waals surface area contributed by atoms with E-state index in [0.29, 0.717) is 16.2 Å². The molecule has 0 aliphatic heterocycles. The van der Waals surface area contributed by atoms with Crippen LogP contribution in [-0.4, -0.2) is 17.9 Å². The second kappa shape index (κ2) is 5.43. The largest absolute Gasteiger partial charge is 0.495 e. The third kappa shape index (κ3) is 2.24. The summed E-state index contributed by atoms with van der Waals surface area (Å²) in [5.74, 6) is -0.546. The summed E-state index contributed by atoms with van der Waals surface area (Å²) >= 11 is 1.28. The summed E-state index contributed by atoms with van der Waals surface area (Å²) in [7, 11) is 1.51. The van der Waals surface area contributed by atoms with Crippen molar-refractivity contribution in [2.24, 2.45) is 0 Å². The first-order chi connectivity index (χ1) is 8.77. The molecular formula is C13H10N2O2S. The topological polar surface area (TPSA) is 63.0 Å². The molecule has 0 spiro atoms. The number of ether oxygens (including phenoxy) is 1. The number of rotatable bonds is 4. The molecule has 0 aromatic carbocycles. The van der Waals surface area contributed by atoms with E-state index in [-0.39, 0.29) is 5.78 Å². The molecule has 2 heterocycles. The lowest BCUT2D eigenvalue weighted by atomic mass is 9.96. The minimum Gasteiger partial charge on any atom is -0.495 e. The minimum absolute atomic E-state index is 0.240. The third-order valence-electron chi connectivity index (χ3n) is 2.50. The number of carbonyl (C=O) groups is 1. The highest BCUT2D eigenvalue weighted by molar-refractivity contribution is 7.12. The van der Waals surface area contributed by atoms with Crippen LogP contribution in [0.1, 0.15) is 21.2 Å². The molecule has 90 valence electrons. The van der Waals surface area contributed by atoms with Gasteiger partial charge in [-0.3, -0.25) is 9.78 Å². The number of carbonyl (C=O) groups excluding carboxylic acids is 1. The van der Waals surface area contributed by atoms with Crippen molar-refractivity contribution in [1.82, 2.24) is 4.98 Å². The zero-order valence-corrected chi connectivity index (χ0v) is 10.5. The Balaban J connectivity index is 2.36. The summed E-state index contributed by atoms with van der Waals surface area (Å²) in [6.07, 6.45) is 3.14. The smallest absolute Gasteiger partial charge is 0.198 e. The Labute approximate surface area is 108 Å². The average Bonchev–Trinajstić information content (AvgIpc) is 2.89. The van der Waals surface area contributed by atoms with Crippen LogP contribution >= 0.6 is 11.3 Å². The van der Waals surface area contributed by atoms with E-state index in [1.807, 2.05) is 6.07 Å². The highest BCUT2D eigenvalue weighted by Crippen LogP contribution is 2.30. The maximum absolute atomic E-state index is 12.3. The first-order valence-corrected chi connectivity index (χ1v) is 6.11. The first-order valence-electron chi connectivity index (χ1n) is 5.23. The standard InChI is InChI=1S/C13H10N2O2S/c1-17-11-4-7-18-13(11)12(16)10(8-14)9-2-5-15-6-3-9/h2-7,10H,1H3. The monoisotopic (exact) mass is 258 g/mol. The van der Waals surface area contributed by atoms with Gasteiger partial charge in [0.15, 0.2) is 5.78 Å². The van der Waals surface area contributed by atoms with Gasteiger partial charge in [-0.05, 0) is 29.1 Å². The maximum Gasteiger partial charge on any atom is 0.198 e. The van der Waals surface area contributed by atoms with Gasteiger partial charge in [-0.2, -0.15) is 5.26 Å². The second-order valence-corrected chi connectivity index (χ2v) is 4.44. The van der Waals surface area contributed by atoms with Crippen LogP contribution in [0.15, 0.2) is 36.0 Å². The normalized spacial score (nSPS) is 11.6. The number of hydrogen-bond donors (Lipinski definition) is 0. The Hall–Kier alpha value is -2.19. The highest BCUT2D eigenvalue weighted by atomic mass is 32.1.